The summed E-state index contributed by atoms with van der Waals surface area (Å²) in [6.45, 7) is 10.3. The van der Waals surface area contributed by atoms with Crippen LogP contribution in [0.15, 0.2) is 23.2 Å². The van der Waals surface area contributed by atoms with Crippen molar-refractivity contribution < 1.29 is 14.6 Å². The number of aliphatic hydroxyl groups is 1. The Labute approximate surface area is 150 Å². The molecule has 1 atom stereocenters. The van der Waals surface area contributed by atoms with E-state index in [1.165, 1.54) is 0 Å². The molecule has 0 aromatic heterocycles. The Morgan fingerprint density at radius 2 is 2.08 bits per heavy atom. The highest BCUT2D eigenvalue weighted by Crippen LogP contribution is 2.48. The SMILES string of the molecule is CCCCN1c2ccc(C(C)=NC(C)C)cc2C2(OCCCO2)C1O. The maximum absolute atomic E-state index is 11.0. The van der Waals surface area contributed by atoms with Crippen LogP contribution in [0.5, 0.6) is 0 Å². The zero-order chi connectivity index (χ0) is 18.0. The van der Waals surface area contributed by atoms with Crippen LogP contribution in [0, 0.1) is 0 Å². The van der Waals surface area contributed by atoms with Gasteiger partial charge in [0.25, 0.3) is 0 Å². The maximum atomic E-state index is 11.0. The summed E-state index contributed by atoms with van der Waals surface area (Å²) in [7, 11) is 0. The number of aliphatic hydroxyl groups excluding tert-OH is 1. The Morgan fingerprint density at radius 1 is 1.36 bits per heavy atom. The molecule has 1 unspecified atom stereocenters. The molecule has 0 aliphatic carbocycles. The van der Waals surface area contributed by atoms with E-state index in [0.29, 0.717) is 13.2 Å². The van der Waals surface area contributed by atoms with Crippen LogP contribution >= 0.6 is 0 Å². The number of nitrogens with zero attached hydrogens (tertiary/aromatic N) is 2. The van der Waals surface area contributed by atoms with Crippen molar-refractivity contribution in [2.75, 3.05) is 24.7 Å². The Morgan fingerprint density at radius 3 is 2.72 bits per heavy atom. The summed E-state index contributed by atoms with van der Waals surface area (Å²) in [4.78, 5) is 6.67. The molecule has 2 aliphatic heterocycles. The third-order valence-corrected chi connectivity index (χ3v) is 4.86. The van der Waals surface area contributed by atoms with Gasteiger partial charge in [0.05, 0.1) is 13.2 Å². The smallest absolute Gasteiger partial charge is 0.243 e. The van der Waals surface area contributed by atoms with E-state index in [2.05, 4.69) is 44.0 Å². The summed E-state index contributed by atoms with van der Waals surface area (Å²) in [5, 5.41) is 11.0. The molecule has 25 heavy (non-hydrogen) atoms. The van der Waals surface area contributed by atoms with Gasteiger partial charge in [-0.3, -0.25) is 4.99 Å². The van der Waals surface area contributed by atoms with Gasteiger partial charge in [-0.05, 0) is 51.3 Å². The van der Waals surface area contributed by atoms with Crippen LogP contribution in [0.4, 0.5) is 5.69 Å². The average molecular weight is 346 g/mol. The molecular formula is C20H30N2O3. The first kappa shape index (κ1) is 18.4. The summed E-state index contributed by atoms with van der Waals surface area (Å²) in [6, 6.07) is 6.47. The van der Waals surface area contributed by atoms with E-state index in [4.69, 9.17) is 9.47 Å². The fourth-order valence-corrected chi connectivity index (χ4v) is 3.65. The second-order valence-electron chi connectivity index (χ2n) is 7.18. The van der Waals surface area contributed by atoms with Crippen LogP contribution in [0.2, 0.25) is 0 Å². The fourth-order valence-electron chi connectivity index (χ4n) is 3.65. The number of fused-ring (bicyclic) bond motifs is 2. The van der Waals surface area contributed by atoms with Gasteiger partial charge in [0, 0.05) is 29.5 Å². The number of hydrogen-bond acceptors (Lipinski definition) is 5. The third-order valence-electron chi connectivity index (χ3n) is 4.86. The predicted molar refractivity (Wildman–Crippen MR) is 100 cm³/mol. The summed E-state index contributed by atoms with van der Waals surface area (Å²) in [5.74, 6) is -1.07. The lowest BCUT2D eigenvalue weighted by Crippen LogP contribution is -2.50. The van der Waals surface area contributed by atoms with E-state index in [9.17, 15) is 5.11 Å². The quantitative estimate of drug-likeness (QED) is 0.830. The molecule has 0 saturated carbocycles. The average Bonchev–Trinajstić information content (AvgIpc) is 2.82. The van der Waals surface area contributed by atoms with Crippen molar-refractivity contribution >= 4 is 11.4 Å². The number of hydrogen-bond donors (Lipinski definition) is 1. The summed E-state index contributed by atoms with van der Waals surface area (Å²) in [6.07, 6.45) is 2.13. The van der Waals surface area contributed by atoms with Crippen molar-refractivity contribution in [2.45, 2.75) is 65.0 Å². The minimum Gasteiger partial charge on any atom is -0.368 e. The van der Waals surface area contributed by atoms with Gasteiger partial charge in [-0.2, -0.15) is 0 Å². The van der Waals surface area contributed by atoms with E-state index >= 15 is 0 Å². The van der Waals surface area contributed by atoms with Gasteiger partial charge in [0.2, 0.25) is 5.79 Å². The van der Waals surface area contributed by atoms with E-state index < -0.39 is 12.0 Å². The molecule has 1 N–H and O–H groups in total. The van der Waals surface area contributed by atoms with Gasteiger partial charge in [-0.15, -0.1) is 0 Å². The van der Waals surface area contributed by atoms with E-state index in [1.807, 2.05) is 11.8 Å². The van der Waals surface area contributed by atoms with Gasteiger partial charge < -0.3 is 19.5 Å². The highest BCUT2D eigenvalue weighted by atomic mass is 16.7. The van der Waals surface area contributed by atoms with Crippen molar-refractivity contribution in [1.29, 1.82) is 0 Å². The lowest BCUT2D eigenvalue weighted by Gasteiger charge is -2.38. The van der Waals surface area contributed by atoms with Crippen LogP contribution in [-0.4, -0.2) is 42.8 Å². The largest absolute Gasteiger partial charge is 0.368 e. The Balaban J connectivity index is 2.04. The standard InChI is InChI=1S/C20H30N2O3/c1-5-6-10-22-18-9-8-16(15(4)21-14(2)3)13-17(18)20(19(22)23)24-11-7-12-25-20/h8-9,13-14,19,23H,5-7,10-12H2,1-4H3. The topological polar surface area (TPSA) is 54.3 Å². The molecule has 0 bridgehead atoms. The highest BCUT2D eigenvalue weighted by Gasteiger charge is 2.54. The van der Waals surface area contributed by atoms with Gasteiger partial charge in [-0.25, -0.2) is 0 Å². The Bertz CT molecular complexity index is 636. The number of unbranched alkanes of at least 4 members (excludes halogenated alkanes) is 1. The molecule has 1 fully saturated rings. The molecule has 138 valence electrons. The second-order valence-corrected chi connectivity index (χ2v) is 7.18. The first-order valence-corrected chi connectivity index (χ1v) is 9.41. The van der Waals surface area contributed by atoms with Crippen LogP contribution in [-0.2, 0) is 15.3 Å². The molecule has 0 amide bonds. The van der Waals surface area contributed by atoms with Crippen molar-refractivity contribution in [1.82, 2.24) is 0 Å². The monoisotopic (exact) mass is 346 g/mol. The predicted octanol–water partition coefficient (Wildman–Crippen LogP) is 3.43. The van der Waals surface area contributed by atoms with Crippen LogP contribution in [0.3, 0.4) is 0 Å². The Hall–Kier alpha value is -1.43. The molecule has 0 radical (unpaired) electrons. The normalized spacial score (nSPS) is 22.7. The highest BCUT2D eigenvalue weighted by molar-refractivity contribution is 5.99. The molecule has 5 nitrogen and oxygen atoms in total. The van der Waals surface area contributed by atoms with E-state index in [0.717, 1.165) is 48.3 Å². The first-order valence-electron chi connectivity index (χ1n) is 9.41. The van der Waals surface area contributed by atoms with Crippen molar-refractivity contribution in [3.63, 3.8) is 0 Å². The number of aliphatic imine (C=N–C) groups is 1. The minimum atomic E-state index is -1.07. The first-order chi connectivity index (χ1) is 12.0. The number of benzene rings is 1. The summed E-state index contributed by atoms with van der Waals surface area (Å²) in [5.41, 5.74) is 3.97. The zero-order valence-electron chi connectivity index (χ0n) is 15.8. The van der Waals surface area contributed by atoms with E-state index in [-0.39, 0.29) is 6.04 Å². The van der Waals surface area contributed by atoms with E-state index in [1.54, 1.807) is 0 Å². The van der Waals surface area contributed by atoms with Crippen molar-refractivity contribution in [3.8, 4) is 0 Å². The van der Waals surface area contributed by atoms with Crippen LogP contribution < -0.4 is 4.90 Å². The van der Waals surface area contributed by atoms with Crippen molar-refractivity contribution in [3.05, 3.63) is 29.3 Å². The van der Waals surface area contributed by atoms with Gasteiger partial charge in [0.1, 0.15) is 0 Å². The molecule has 3 rings (SSSR count). The number of rotatable bonds is 5. The molecule has 2 heterocycles. The molecule has 5 heteroatoms. The van der Waals surface area contributed by atoms with Gasteiger partial charge >= 0.3 is 0 Å². The van der Waals surface area contributed by atoms with Gasteiger partial charge in [0.15, 0.2) is 6.23 Å². The molecular weight excluding hydrogens is 316 g/mol. The van der Waals surface area contributed by atoms with Crippen LogP contribution in [0.25, 0.3) is 0 Å². The lowest BCUT2D eigenvalue weighted by molar-refractivity contribution is -0.311. The molecule has 1 aromatic carbocycles. The third kappa shape index (κ3) is 3.33. The minimum absolute atomic E-state index is 0.246. The second kappa shape index (κ2) is 7.44. The number of anilines is 1. The molecule has 1 aromatic rings. The molecule has 1 saturated heterocycles. The zero-order valence-corrected chi connectivity index (χ0v) is 15.8. The fraction of sp³-hybridized carbons (Fsp3) is 0.650. The van der Waals surface area contributed by atoms with Gasteiger partial charge in [-0.1, -0.05) is 19.4 Å². The summed E-state index contributed by atoms with van der Waals surface area (Å²) >= 11 is 0. The van der Waals surface area contributed by atoms with Crippen molar-refractivity contribution in [2.24, 2.45) is 4.99 Å². The number of ether oxygens (including phenoxy) is 2. The summed E-state index contributed by atoms with van der Waals surface area (Å²) < 4.78 is 12.1. The Kier molecular flexibility index (Phi) is 5.46. The maximum Gasteiger partial charge on any atom is 0.243 e. The van der Waals surface area contributed by atoms with Crippen LogP contribution in [0.1, 0.15) is 58.1 Å². The molecule has 2 aliphatic rings. The molecule has 1 spiro atoms. The lowest BCUT2D eigenvalue weighted by atomic mass is 10.0.